The first-order valence-corrected chi connectivity index (χ1v) is 10.8. The number of halogens is 2. The Morgan fingerprint density at radius 3 is 2.76 bits per heavy atom. The number of hydrogen-bond acceptors (Lipinski definition) is 9. The van der Waals surface area contributed by atoms with E-state index in [0.29, 0.717) is 20.6 Å². The van der Waals surface area contributed by atoms with E-state index in [1.807, 2.05) is 22.6 Å². The Morgan fingerprint density at radius 1 is 1.33 bits per heavy atom. The minimum absolute atomic E-state index is 0.0365. The van der Waals surface area contributed by atoms with Gasteiger partial charge in [-0.2, -0.15) is 0 Å². The summed E-state index contributed by atoms with van der Waals surface area (Å²) in [7, 11) is 1.43. The molecule has 0 aliphatic carbocycles. The predicted octanol–water partition coefficient (Wildman–Crippen LogP) is 4.15. The second-order valence-electron chi connectivity index (χ2n) is 6.39. The number of carbonyl (C=O) groups excluding carboxylic acids is 2. The van der Waals surface area contributed by atoms with Crippen molar-refractivity contribution in [1.82, 2.24) is 0 Å². The molecule has 1 heterocycles. The maximum atomic E-state index is 12.3. The topological polar surface area (TPSA) is 127 Å². The number of cyclic esters (lactones) is 1. The number of esters is 2. The molecule has 0 N–H and O–H groups in total. The number of hydrogen-bond donors (Lipinski definition) is 0. The van der Waals surface area contributed by atoms with Crippen molar-refractivity contribution < 1.29 is 33.5 Å². The molecule has 0 spiro atoms. The highest BCUT2D eigenvalue weighted by Crippen LogP contribution is 2.35. The molecule has 0 saturated carbocycles. The summed E-state index contributed by atoms with van der Waals surface area (Å²) in [5.74, 6) is -0.734. The molecule has 172 valence electrons. The monoisotopic (exact) mass is 586 g/mol. The van der Waals surface area contributed by atoms with E-state index in [2.05, 4.69) is 4.99 Å². The van der Waals surface area contributed by atoms with E-state index in [-0.39, 0.29) is 41.1 Å². The molecule has 0 atom stereocenters. The average Bonchev–Trinajstić information content (AvgIpc) is 3.12. The van der Waals surface area contributed by atoms with E-state index in [0.717, 1.165) is 0 Å². The largest absolute Gasteiger partial charge is 0.493 e. The third-order valence-corrected chi connectivity index (χ3v) is 5.34. The minimum Gasteiger partial charge on any atom is -0.493 e. The standard InChI is InChI=1S/C21H16ClIN2O8/c1-3-31-18(26)10-32-19-15(23)6-11(8-17(19)30-2)7-16-21(27)33-20(24-16)13-9-12(25(28)29)4-5-14(13)22/h4-9H,3,10H2,1-2H3/b16-7-. The summed E-state index contributed by atoms with van der Waals surface area (Å²) in [6, 6.07) is 7.03. The summed E-state index contributed by atoms with van der Waals surface area (Å²) in [4.78, 5) is 38.5. The Morgan fingerprint density at radius 2 is 2.09 bits per heavy atom. The fourth-order valence-corrected chi connectivity index (χ4v) is 3.75. The lowest BCUT2D eigenvalue weighted by Gasteiger charge is -2.13. The van der Waals surface area contributed by atoms with Crippen LogP contribution in [0.15, 0.2) is 41.0 Å². The smallest absolute Gasteiger partial charge is 0.363 e. The van der Waals surface area contributed by atoms with E-state index >= 15 is 0 Å². The molecule has 33 heavy (non-hydrogen) atoms. The van der Waals surface area contributed by atoms with Gasteiger partial charge in [0.25, 0.3) is 5.69 Å². The van der Waals surface area contributed by atoms with Gasteiger partial charge in [-0.1, -0.05) is 11.6 Å². The molecular formula is C21H16ClIN2O8. The van der Waals surface area contributed by atoms with Gasteiger partial charge in [0.05, 0.1) is 32.8 Å². The molecule has 2 aromatic carbocycles. The zero-order valence-corrected chi connectivity index (χ0v) is 20.2. The summed E-state index contributed by atoms with van der Waals surface area (Å²) < 4.78 is 21.5. The molecule has 1 aliphatic rings. The maximum Gasteiger partial charge on any atom is 0.363 e. The molecular weight excluding hydrogens is 571 g/mol. The molecule has 0 fully saturated rings. The number of rotatable bonds is 8. The van der Waals surface area contributed by atoms with Crippen LogP contribution in [0.25, 0.3) is 6.08 Å². The lowest BCUT2D eigenvalue weighted by atomic mass is 10.1. The average molecular weight is 587 g/mol. The molecule has 0 saturated heterocycles. The molecule has 0 aromatic heterocycles. The molecule has 1 aliphatic heterocycles. The van der Waals surface area contributed by atoms with Gasteiger partial charge in [0.15, 0.2) is 23.8 Å². The Hall–Kier alpha value is -3.19. The molecule has 0 bridgehead atoms. The van der Waals surface area contributed by atoms with Crippen LogP contribution in [0, 0.1) is 13.7 Å². The van der Waals surface area contributed by atoms with E-state index in [1.54, 1.807) is 19.1 Å². The van der Waals surface area contributed by atoms with Crippen molar-refractivity contribution in [2.45, 2.75) is 6.92 Å². The molecule has 0 unspecified atom stereocenters. The third kappa shape index (κ3) is 5.79. The molecule has 0 amide bonds. The number of nitro benzene ring substituents is 1. The first-order chi connectivity index (χ1) is 15.7. The van der Waals surface area contributed by atoms with Crippen LogP contribution < -0.4 is 9.47 Å². The van der Waals surface area contributed by atoms with Gasteiger partial charge in [-0.25, -0.2) is 14.6 Å². The van der Waals surface area contributed by atoms with Crippen molar-refractivity contribution in [3.05, 3.63) is 65.9 Å². The van der Waals surface area contributed by atoms with Crippen molar-refractivity contribution in [2.75, 3.05) is 20.3 Å². The first-order valence-electron chi connectivity index (χ1n) is 9.36. The van der Waals surface area contributed by atoms with E-state index in [9.17, 15) is 19.7 Å². The van der Waals surface area contributed by atoms with Gasteiger partial charge >= 0.3 is 11.9 Å². The van der Waals surface area contributed by atoms with Gasteiger partial charge in [0.2, 0.25) is 5.90 Å². The summed E-state index contributed by atoms with van der Waals surface area (Å²) in [6.45, 7) is 1.65. The van der Waals surface area contributed by atoms with Crippen molar-refractivity contribution >= 4 is 63.8 Å². The van der Waals surface area contributed by atoms with Gasteiger partial charge in [-0.3, -0.25) is 10.1 Å². The number of carbonyl (C=O) groups is 2. The maximum absolute atomic E-state index is 12.3. The zero-order chi connectivity index (χ0) is 24.1. The van der Waals surface area contributed by atoms with Crippen LogP contribution in [0.1, 0.15) is 18.1 Å². The molecule has 3 rings (SSSR count). The van der Waals surface area contributed by atoms with Crippen LogP contribution >= 0.6 is 34.2 Å². The number of nitrogens with zero attached hydrogens (tertiary/aromatic N) is 2. The lowest BCUT2D eigenvalue weighted by Crippen LogP contribution is -2.15. The first kappa shape index (κ1) is 24.5. The van der Waals surface area contributed by atoms with Gasteiger partial charge in [0.1, 0.15) is 0 Å². The Labute approximate surface area is 206 Å². The number of ether oxygens (including phenoxy) is 4. The number of nitro groups is 1. The second-order valence-corrected chi connectivity index (χ2v) is 7.95. The second kappa shape index (κ2) is 10.6. The van der Waals surface area contributed by atoms with E-state index in [1.165, 1.54) is 31.4 Å². The van der Waals surface area contributed by atoms with Crippen molar-refractivity contribution in [3.8, 4) is 11.5 Å². The van der Waals surface area contributed by atoms with E-state index < -0.39 is 16.9 Å². The molecule has 2 aromatic rings. The summed E-state index contributed by atoms with van der Waals surface area (Å²) in [5, 5.41) is 11.2. The number of methoxy groups -OCH3 is 1. The Balaban J connectivity index is 1.91. The van der Waals surface area contributed by atoms with Crippen LogP contribution in [0.4, 0.5) is 5.69 Å². The SMILES string of the molecule is CCOC(=O)COc1c(I)cc(/C=C2\N=C(c3cc([N+](=O)[O-])ccc3Cl)OC2=O)cc1OC. The zero-order valence-electron chi connectivity index (χ0n) is 17.3. The quantitative estimate of drug-likeness (QED) is 0.148. The highest BCUT2D eigenvalue weighted by atomic mass is 127. The number of non-ortho nitro benzene ring substituents is 1. The summed E-state index contributed by atoms with van der Waals surface area (Å²) in [6.07, 6.45) is 1.46. The van der Waals surface area contributed by atoms with Gasteiger partial charge in [-0.15, -0.1) is 0 Å². The molecule has 12 heteroatoms. The van der Waals surface area contributed by atoms with Crippen LogP contribution in [0.5, 0.6) is 11.5 Å². The van der Waals surface area contributed by atoms with Crippen LogP contribution in [-0.4, -0.2) is 43.1 Å². The van der Waals surface area contributed by atoms with Crippen LogP contribution in [0.3, 0.4) is 0 Å². The van der Waals surface area contributed by atoms with Crippen molar-refractivity contribution in [3.63, 3.8) is 0 Å². The Kier molecular flexibility index (Phi) is 7.87. The highest BCUT2D eigenvalue weighted by molar-refractivity contribution is 14.1. The van der Waals surface area contributed by atoms with Gasteiger partial charge in [0, 0.05) is 12.1 Å². The minimum atomic E-state index is -0.746. The summed E-state index contributed by atoms with van der Waals surface area (Å²) >= 11 is 8.11. The molecule has 0 radical (unpaired) electrons. The predicted molar refractivity (Wildman–Crippen MR) is 127 cm³/mol. The van der Waals surface area contributed by atoms with E-state index in [4.69, 9.17) is 30.5 Å². The van der Waals surface area contributed by atoms with Crippen LogP contribution in [-0.2, 0) is 19.1 Å². The lowest BCUT2D eigenvalue weighted by molar-refractivity contribution is -0.384. The van der Waals surface area contributed by atoms with Gasteiger partial charge < -0.3 is 18.9 Å². The highest BCUT2D eigenvalue weighted by Gasteiger charge is 2.27. The fourth-order valence-electron chi connectivity index (χ4n) is 2.77. The van der Waals surface area contributed by atoms with Crippen molar-refractivity contribution in [1.29, 1.82) is 0 Å². The molecule has 10 nitrogen and oxygen atoms in total. The van der Waals surface area contributed by atoms with Crippen molar-refractivity contribution in [2.24, 2.45) is 4.99 Å². The van der Waals surface area contributed by atoms with Gasteiger partial charge in [-0.05, 0) is 59.4 Å². The third-order valence-electron chi connectivity index (χ3n) is 4.21. The summed E-state index contributed by atoms with van der Waals surface area (Å²) in [5.41, 5.74) is 0.410. The Bertz CT molecular complexity index is 1200. The normalized spacial score (nSPS) is 14.0. The fraction of sp³-hybridized carbons (Fsp3) is 0.190. The van der Waals surface area contributed by atoms with Crippen LogP contribution in [0.2, 0.25) is 5.02 Å². The number of aliphatic imine (C=N–C) groups is 1. The number of benzene rings is 2.